The molecule has 6 N–H and O–H groups in total. The minimum Gasteiger partial charge on any atom is -0.488 e. The summed E-state index contributed by atoms with van der Waals surface area (Å²) < 4.78 is 25.3. The Labute approximate surface area is 428 Å². The molecule has 0 amide bonds. The van der Waals surface area contributed by atoms with Crippen LogP contribution in [0.5, 0.6) is 23.0 Å². The van der Waals surface area contributed by atoms with Gasteiger partial charge in [0.05, 0.1) is 22.3 Å². The molecule has 6 rings (SSSR count). The number of pyridine rings is 2. The second kappa shape index (κ2) is 26.0. The van der Waals surface area contributed by atoms with Crippen molar-refractivity contribution in [2.45, 2.75) is 91.5 Å². The van der Waals surface area contributed by atoms with Gasteiger partial charge in [-0.05, 0) is 85.3 Å². The first-order valence-corrected chi connectivity index (χ1v) is 23.7. The van der Waals surface area contributed by atoms with Crippen molar-refractivity contribution in [2.24, 2.45) is 9.98 Å². The second-order valence-electron chi connectivity index (χ2n) is 17.0. The molecule has 18 heteroatoms. The summed E-state index contributed by atoms with van der Waals surface area (Å²) in [6, 6.07) is 20.0. The first kappa shape index (κ1) is 54.4. The Morgan fingerprint density at radius 3 is 1.33 bits per heavy atom. The highest BCUT2D eigenvalue weighted by Gasteiger charge is 2.25. The minimum atomic E-state index is -1.23. The highest BCUT2D eigenvalue weighted by molar-refractivity contribution is 6.32. The van der Waals surface area contributed by atoms with Crippen molar-refractivity contribution in [3.8, 4) is 34.1 Å². The maximum absolute atomic E-state index is 11.9. The number of aliphatic hydroxyl groups is 2. The van der Waals surface area contributed by atoms with E-state index in [1.54, 1.807) is 75.6 Å². The van der Waals surface area contributed by atoms with E-state index in [1.165, 1.54) is 13.8 Å². The van der Waals surface area contributed by atoms with Crippen LogP contribution in [-0.2, 0) is 49.1 Å². The van der Waals surface area contributed by atoms with E-state index in [4.69, 9.17) is 42.1 Å². The number of ether oxygens (including phenoxy) is 4. The fraction of sp³-hybridized carbons (Fsp3) is 0.296. The van der Waals surface area contributed by atoms with E-state index in [0.717, 1.165) is 55.6 Å². The quantitative estimate of drug-likeness (QED) is 0.0297. The summed E-state index contributed by atoms with van der Waals surface area (Å²) in [5.74, 6) is -0.915. The third-order valence-electron chi connectivity index (χ3n) is 11.7. The highest BCUT2D eigenvalue weighted by Crippen LogP contribution is 2.37. The summed E-state index contributed by atoms with van der Waals surface area (Å²) in [5.41, 5.74) is 9.98. The van der Waals surface area contributed by atoms with Gasteiger partial charge >= 0.3 is 11.9 Å². The molecular weight excluding hydrogens is 964 g/mol. The molecule has 378 valence electrons. The van der Waals surface area contributed by atoms with E-state index in [-0.39, 0.29) is 49.6 Å². The lowest BCUT2D eigenvalue weighted by Gasteiger charge is -2.20. The zero-order chi connectivity index (χ0) is 51.9. The number of nitrogens with zero attached hydrogens (tertiary/aromatic N) is 4. The summed E-state index contributed by atoms with van der Waals surface area (Å²) in [6.07, 6.45) is 7.78. The summed E-state index contributed by atoms with van der Waals surface area (Å²) in [7, 11) is 3.34. The Morgan fingerprint density at radius 2 is 0.972 bits per heavy atom. The largest absolute Gasteiger partial charge is 0.488 e. The number of carboxylic acids is 2. The van der Waals surface area contributed by atoms with Gasteiger partial charge in [0.1, 0.15) is 61.5 Å². The topological polar surface area (TPSA) is 227 Å². The fourth-order valence-corrected chi connectivity index (χ4v) is 8.28. The molecule has 72 heavy (non-hydrogen) atoms. The van der Waals surface area contributed by atoms with Crippen LogP contribution >= 0.6 is 23.2 Å². The molecule has 0 saturated carbocycles. The first-order chi connectivity index (χ1) is 34.6. The van der Waals surface area contributed by atoms with Crippen LogP contribution in [0.2, 0.25) is 10.0 Å². The SMILES string of the molecule is CN=Cc1cncc(COc2cc(OCc3cccc(-c4cccc(COc5cc(OCc6cncc(C=NC)c6)c(CN[C@H](C(=O)O)[C@H](C)O)cc5Cl)c4C)c3C)c(Cl)cc2CN[C@H](C(=O)O)[C@H](C)O)c1. The summed E-state index contributed by atoms with van der Waals surface area (Å²) in [4.78, 5) is 40.4. The zero-order valence-corrected chi connectivity index (χ0v) is 42.2. The summed E-state index contributed by atoms with van der Waals surface area (Å²) in [6.45, 7) is 7.48. The highest BCUT2D eigenvalue weighted by atomic mass is 35.5. The molecule has 2 aromatic heterocycles. The molecule has 2 heterocycles. The van der Waals surface area contributed by atoms with Gasteiger partial charge in [0, 0.05) is 110 Å². The number of aliphatic carboxylic acids is 2. The van der Waals surface area contributed by atoms with E-state index in [0.29, 0.717) is 34.1 Å². The number of carbonyl (C=O) groups is 2. The monoisotopic (exact) mass is 1020 g/mol. The normalized spacial score (nSPS) is 13.2. The molecule has 0 spiro atoms. The van der Waals surface area contributed by atoms with Crippen LogP contribution in [0.4, 0.5) is 0 Å². The van der Waals surface area contributed by atoms with Crippen LogP contribution in [0.25, 0.3) is 11.1 Å². The predicted octanol–water partition coefficient (Wildman–Crippen LogP) is 8.33. The van der Waals surface area contributed by atoms with Gasteiger partial charge in [-0.25, -0.2) is 0 Å². The molecule has 0 aliphatic heterocycles. The number of halogens is 2. The van der Waals surface area contributed by atoms with Crippen molar-refractivity contribution in [1.29, 1.82) is 0 Å². The Hall–Kier alpha value is -6.92. The molecule has 4 aromatic carbocycles. The predicted molar refractivity (Wildman–Crippen MR) is 277 cm³/mol. The van der Waals surface area contributed by atoms with Gasteiger partial charge in [0.25, 0.3) is 0 Å². The lowest BCUT2D eigenvalue weighted by Crippen LogP contribution is -2.44. The smallest absolute Gasteiger partial charge is 0.323 e. The molecule has 0 saturated heterocycles. The third-order valence-corrected chi connectivity index (χ3v) is 12.3. The number of carboxylic acid groups (broad SMARTS) is 2. The maximum atomic E-state index is 11.9. The van der Waals surface area contributed by atoms with Crippen LogP contribution < -0.4 is 29.6 Å². The van der Waals surface area contributed by atoms with Gasteiger partial charge in [-0.15, -0.1) is 0 Å². The summed E-state index contributed by atoms with van der Waals surface area (Å²) in [5, 5.41) is 45.9. The van der Waals surface area contributed by atoms with Crippen LogP contribution in [0.15, 0.2) is 108 Å². The molecule has 6 aromatic rings. The van der Waals surface area contributed by atoms with E-state index in [2.05, 4.69) is 30.6 Å². The molecule has 0 aliphatic rings. The van der Waals surface area contributed by atoms with E-state index in [9.17, 15) is 30.0 Å². The van der Waals surface area contributed by atoms with Gasteiger partial charge in [-0.3, -0.25) is 40.2 Å². The van der Waals surface area contributed by atoms with Gasteiger partial charge in [0.2, 0.25) is 0 Å². The van der Waals surface area contributed by atoms with Crippen LogP contribution in [0, 0.1) is 13.8 Å². The van der Waals surface area contributed by atoms with Crippen molar-refractivity contribution in [2.75, 3.05) is 14.1 Å². The van der Waals surface area contributed by atoms with Gasteiger partial charge in [-0.2, -0.15) is 0 Å². The molecule has 0 fully saturated rings. The third kappa shape index (κ3) is 14.6. The fourth-order valence-electron chi connectivity index (χ4n) is 7.80. The number of aliphatic imine (C=N–C) groups is 2. The Morgan fingerprint density at radius 1 is 0.583 bits per heavy atom. The second-order valence-corrected chi connectivity index (χ2v) is 17.8. The first-order valence-electron chi connectivity index (χ1n) is 22.9. The number of hydrogen-bond acceptors (Lipinski definition) is 14. The maximum Gasteiger partial charge on any atom is 0.323 e. The van der Waals surface area contributed by atoms with E-state index in [1.807, 2.05) is 62.4 Å². The van der Waals surface area contributed by atoms with Crippen molar-refractivity contribution >= 4 is 47.6 Å². The lowest BCUT2D eigenvalue weighted by molar-refractivity contribution is -0.143. The molecule has 16 nitrogen and oxygen atoms in total. The van der Waals surface area contributed by atoms with Gasteiger partial charge in [0.15, 0.2) is 0 Å². The molecule has 0 radical (unpaired) electrons. The van der Waals surface area contributed by atoms with Crippen LogP contribution in [-0.4, -0.2) is 93.1 Å². The van der Waals surface area contributed by atoms with Crippen molar-refractivity contribution < 1.29 is 49.0 Å². The summed E-state index contributed by atoms with van der Waals surface area (Å²) >= 11 is 13.7. The zero-order valence-electron chi connectivity index (χ0n) is 40.7. The Balaban J connectivity index is 1.21. The lowest BCUT2D eigenvalue weighted by atomic mass is 9.92. The van der Waals surface area contributed by atoms with E-state index < -0.39 is 36.2 Å². The van der Waals surface area contributed by atoms with Crippen LogP contribution in [0.3, 0.4) is 0 Å². The van der Waals surface area contributed by atoms with Gasteiger partial charge < -0.3 is 39.4 Å². The van der Waals surface area contributed by atoms with Crippen LogP contribution in [0.1, 0.15) is 69.5 Å². The average molecular weight is 1020 g/mol. The molecular formula is C54H58Cl2N6O10. The van der Waals surface area contributed by atoms with Crippen molar-refractivity contribution in [3.05, 3.63) is 163 Å². The Kier molecular flexibility index (Phi) is 19.6. The number of benzene rings is 4. The number of rotatable bonds is 25. The molecule has 0 unspecified atom stereocenters. The van der Waals surface area contributed by atoms with Crippen molar-refractivity contribution in [3.63, 3.8) is 0 Å². The van der Waals surface area contributed by atoms with Gasteiger partial charge in [-0.1, -0.05) is 59.6 Å². The number of aromatic nitrogens is 2. The number of hydrogen-bond donors (Lipinski definition) is 6. The number of aliphatic hydroxyl groups excluding tert-OH is 2. The molecule has 0 bridgehead atoms. The Bertz CT molecular complexity index is 2720. The minimum absolute atomic E-state index is 0.0284. The average Bonchev–Trinajstić information content (AvgIpc) is 3.33. The van der Waals surface area contributed by atoms with Crippen molar-refractivity contribution in [1.82, 2.24) is 20.6 Å². The number of nitrogens with one attached hydrogen (secondary N) is 2. The standard InChI is InChI=1S/C54H58Cl2N6O10/c1-31-39(29-71-49-17-47(69-27-37-13-35(19-57-5)21-59-23-37)41(15-45(49)55)25-61-51(33(3)63)53(65)66)9-7-11-43(31)44-12-8-10-40(32(44)2)30-72-50-18-48(70-28-38-14-36(20-58-6)22-60-24-38)42(16-46(50)56)26-62-52(34(4)64)54(67)68/h7-24,33-34,51-52,61-64H,25-30H2,1-6H3,(H,65,66)(H,67,68)/t33-,34-,51-,52-/m0/s1. The molecule has 4 atom stereocenters. The molecule has 0 aliphatic carbocycles. The van der Waals surface area contributed by atoms with E-state index >= 15 is 0 Å².